The lowest BCUT2D eigenvalue weighted by atomic mass is 9.72. The molecule has 0 unspecified atom stereocenters. The number of thiazole rings is 1. The van der Waals surface area contributed by atoms with E-state index in [1.807, 2.05) is 24.7 Å². The minimum absolute atomic E-state index is 0.166. The zero-order valence-electron chi connectivity index (χ0n) is 22.1. The average Bonchev–Trinajstić information content (AvgIpc) is 3.67. The number of ether oxygens (including phenoxy) is 3. The van der Waals surface area contributed by atoms with Crippen molar-refractivity contribution in [2.75, 3.05) is 44.8 Å². The Balaban J connectivity index is 0.931. The first-order valence-corrected chi connectivity index (χ1v) is 15.0. The van der Waals surface area contributed by atoms with E-state index >= 15 is 0 Å². The Morgan fingerprint density at radius 1 is 0.949 bits per heavy atom. The number of anilines is 2. The van der Waals surface area contributed by atoms with Crippen LogP contribution in [0.2, 0.25) is 0 Å². The van der Waals surface area contributed by atoms with Crippen molar-refractivity contribution < 1.29 is 14.2 Å². The minimum atomic E-state index is 0.166. The van der Waals surface area contributed by atoms with E-state index in [2.05, 4.69) is 35.1 Å². The van der Waals surface area contributed by atoms with Crippen LogP contribution in [0.5, 0.6) is 6.01 Å². The first-order chi connectivity index (χ1) is 19.2. The number of hydrogen-bond acceptors (Lipinski definition) is 11. The highest BCUT2D eigenvalue weighted by atomic mass is 32.1. The van der Waals surface area contributed by atoms with Crippen LogP contribution in [0.4, 0.5) is 11.1 Å². The van der Waals surface area contributed by atoms with Gasteiger partial charge in [0.2, 0.25) is 5.95 Å². The molecule has 6 heterocycles. The first-order valence-electron chi connectivity index (χ1n) is 14.2. The highest BCUT2D eigenvalue weighted by molar-refractivity contribution is 7.18. The lowest BCUT2D eigenvalue weighted by molar-refractivity contribution is -0.140. The molecule has 1 N–H and O–H groups in total. The third-order valence-corrected chi connectivity index (χ3v) is 9.72. The maximum absolute atomic E-state index is 6.15. The molecule has 1 atom stereocenters. The number of rotatable bonds is 7. The van der Waals surface area contributed by atoms with E-state index in [0.717, 1.165) is 100 Å². The number of likely N-dealkylation sites (tertiary alicyclic amines) is 1. The van der Waals surface area contributed by atoms with E-state index in [0.29, 0.717) is 29.3 Å². The summed E-state index contributed by atoms with van der Waals surface area (Å²) >= 11 is 1.51. The van der Waals surface area contributed by atoms with Crippen molar-refractivity contribution in [1.82, 2.24) is 29.8 Å². The summed E-state index contributed by atoms with van der Waals surface area (Å²) in [5, 5.41) is 3.97. The van der Waals surface area contributed by atoms with Crippen molar-refractivity contribution in [3.63, 3.8) is 0 Å². The van der Waals surface area contributed by atoms with Crippen LogP contribution in [0.1, 0.15) is 56.4 Å². The molecule has 3 aromatic rings. The van der Waals surface area contributed by atoms with E-state index in [4.69, 9.17) is 14.2 Å². The molecule has 39 heavy (non-hydrogen) atoms. The highest BCUT2D eigenvalue weighted by Gasteiger charge is 2.42. The van der Waals surface area contributed by atoms with Crippen LogP contribution in [0.25, 0.3) is 10.6 Å². The van der Waals surface area contributed by atoms with Gasteiger partial charge in [0.05, 0.1) is 30.4 Å². The van der Waals surface area contributed by atoms with Crippen molar-refractivity contribution in [1.29, 1.82) is 0 Å². The van der Waals surface area contributed by atoms with E-state index in [1.165, 1.54) is 16.9 Å². The van der Waals surface area contributed by atoms with Gasteiger partial charge in [-0.25, -0.2) is 19.9 Å². The number of piperidine rings is 1. The van der Waals surface area contributed by atoms with Gasteiger partial charge in [-0.15, -0.1) is 0 Å². The topological polar surface area (TPSA) is 107 Å². The van der Waals surface area contributed by atoms with Gasteiger partial charge in [0, 0.05) is 42.9 Å². The number of nitrogens with zero attached hydrogens (tertiary/aromatic N) is 6. The molecule has 10 nitrogen and oxygen atoms in total. The molecule has 0 bridgehead atoms. The van der Waals surface area contributed by atoms with E-state index in [9.17, 15) is 0 Å². The van der Waals surface area contributed by atoms with Crippen LogP contribution < -0.4 is 10.1 Å². The molecule has 0 aromatic carbocycles. The number of aromatic nitrogens is 5. The number of nitrogens with one attached hydrogen (secondary N) is 1. The van der Waals surface area contributed by atoms with Crippen molar-refractivity contribution in [2.24, 2.45) is 5.41 Å². The predicted octanol–water partition coefficient (Wildman–Crippen LogP) is 4.44. The molecular weight excluding hydrogens is 514 g/mol. The molecule has 1 aliphatic carbocycles. The van der Waals surface area contributed by atoms with E-state index in [1.54, 1.807) is 6.20 Å². The van der Waals surface area contributed by atoms with E-state index in [-0.39, 0.29) is 6.10 Å². The van der Waals surface area contributed by atoms with Gasteiger partial charge in [0.25, 0.3) is 0 Å². The third kappa shape index (κ3) is 5.63. The Morgan fingerprint density at radius 2 is 1.77 bits per heavy atom. The summed E-state index contributed by atoms with van der Waals surface area (Å²) in [4.78, 5) is 26.2. The Labute approximate surface area is 232 Å². The normalized spacial score (nSPS) is 24.1. The zero-order chi connectivity index (χ0) is 26.1. The summed E-state index contributed by atoms with van der Waals surface area (Å²) in [6, 6.07) is 2.93. The molecule has 4 aliphatic rings. The zero-order valence-corrected chi connectivity index (χ0v) is 22.9. The van der Waals surface area contributed by atoms with Crippen LogP contribution in [0.15, 0.2) is 30.9 Å². The molecule has 3 aliphatic heterocycles. The molecule has 3 aromatic heterocycles. The SMILES string of the molecule is c1cc(-c2cnc(Nc3ncc(C4CCN([C@H]5CCOC5)CC4)cn3)s2)nc(OC2CCC3(CC2)COC3)n1. The van der Waals surface area contributed by atoms with Gasteiger partial charge in [-0.05, 0) is 75.6 Å². The fourth-order valence-electron chi connectivity index (χ4n) is 6.25. The van der Waals surface area contributed by atoms with Crippen molar-refractivity contribution in [3.05, 3.63) is 36.4 Å². The van der Waals surface area contributed by atoms with Crippen molar-refractivity contribution in [3.8, 4) is 16.6 Å². The maximum Gasteiger partial charge on any atom is 0.317 e. The fourth-order valence-corrected chi connectivity index (χ4v) is 7.03. The van der Waals surface area contributed by atoms with Crippen LogP contribution in [-0.4, -0.2) is 81.5 Å². The van der Waals surface area contributed by atoms with Crippen LogP contribution in [0.3, 0.4) is 0 Å². The smallest absolute Gasteiger partial charge is 0.317 e. The molecule has 7 rings (SSSR count). The Morgan fingerprint density at radius 3 is 2.49 bits per heavy atom. The third-order valence-electron chi connectivity index (χ3n) is 8.79. The van der Waals surface area contributed by atoms with Crippen LogP contribution in [0, 0.1) is 5.41 Å². The molecule has 11 heteroatoms. The molecule has 0 amide bonds. The molecular formula is C28H35N7O3S. The van der Waals surface area contributed by atoms with Gasteiger partial charge in [0.1, 0.15) is 6.10 Å². The van der Waals surface area contributed by atoms with Gasteiger partial charge < -0.3 is 19.5 Å². The quantitative estimate of drug-likeness (QED) is 0.454. The maximum atomic E-state index is 6.15. The van der Waals surface area contributed by atoms with E-state index < -0.39 is 0 Å². The second-order valence-corrected chi connectivity index (χ2v) is 12.4. The van der Waals surface area contributed by atoms with Crippen molar-refractivity contribution in [2.45, 2.75) is 63.0 Å². The largest absolute Gasteiger partial charge is 0.460 e. The van der Waals surface area contributed by atoms with Gasteiger partial charge in [-0.1, -0.05) is 11.3 Å². The lowest BCUT2D eigenvalue weighted by Crippen LogP contribution is -2.46. The molecule has 1 saturated carbocycles. The second-order valence-electron chi connectivity index (χ2n) is 11.4. The standard InChI is InChI=1S/C28H35N7O3S/c1-7-28(17-37-18-28)8-2-22(1)38-26-29-9-3-23(33-26)24-15-32-27(39-24)34-25-30-13-20(14-31-25)19-4-10-35(11-5-19)21-6-12-36-16-21/h3,9,13-15,19,21-22H,1-2,4-8,10-12,16-18H2,(H,30,31,32,34)/t21-/m0/s1. The predicted molar refractivity (Wildman–Crippen MR) is 147 cm³/mol. The van der Waals surface area contributed by atoms with Gasteiger partial charge >= 0.3 is 6.01 Å². The second kappa shape index (κ2) is 11.0. The van der Waals surface area contributed by atoms with Gasteiger partial charge in [0.15, 0.2) is 5.13 Å². The molecule has 1 spiro atoms. The summed E-state index contributed by atoms with van der Waals surface area (Å²) < 4.78 is 17.2. The fraction of sp³-hybridized carbons (Fsp3) is 0.607. The monoisotopic (exact) mass is 549 g/mol. The molecule has 0 radical (unpaired) electrons. The minimum Gasteiger partial charge on any atom is -0.460 e. The number of hydrogen-bond donors (Lipinski definition) is 1. The summed E-state index contributed by atoms with van der Waals surface area (Å²) in [6.07, 6.45) is 15.5. The highest BCUT2D eigenvalue weighted by Crippen LogP contribution is 2.43. The molecule has 3 saturated heterocycles. The summed E-state index contributed by atoms with van der Waals surface area (Å²) in [5.41, 5.74) is 2.42. The summed E-state index contributed by atoms with van der Waals surface area (Å²) in [7, 11) is 0. The van der Waals surface area contributed by atoms with Crippen LogP contribution >= 0.6 is 11.3 Å². The lowest BCUT2D eigenvalue weighted by Gasteiger charge is -2.45. The van der Waals surface area contributed by atoms with Crippen LogP contribution in [-0.2, 0) is 9.47 Å². The van der Waals surface area contributed by atoms with Gasteiger partial charge in [-0.3, -0.25) is 4.90 Å². The Bertz CT molecular complexity index is 1240. The van der Waals surface area contributed by atoms with Crippen molar-refractivity contribution >= 4 is 22.4 Å². The first kappa shape index (κ1) is 25.3. The Kier molecular flexibility index (Phi) is 7.14. The summed E-state index contributed by atoms with van der Waals surface area (Å²) in [6.45, 7) is 5.83. The molecule has 206 valence electrons. The average molecular weight is 550 g/mol. The Hall–Kier alpha value is -2.73. The summed E-state index contributed by atoms with van der Waals surface area (Å²) in [5.74, 6) is 1.07. The van der Waals surface area contributed by atoms with Gasteiger partial charge in [-0.2, -0.15) is 4.98 Å². The molecule has 4 fully saturated rings.